The third-order valence-electron chi connectivity index (χ3n) is 1.90. The van der Waals surface area contributed by atoms with Crippen LogP contribution in [0.15, 0.2) is 0 Å². The molecule has 14 heteroatoms. The molecule has 0 nitrogen and oxygen atoms in total. The lowest BCUT2D eigenvalue weighted by Crippen LogP contribution is -2.69. The lowest BCUT2D eigenvalue weighted by atomic mass is 9.99. The molecule has 0 atom stereocenters. The van der Waals surface area contributed by atoms with Gasteiger partial charge in [-0.25, -0.2) is 0 Å². The Kier molecular flexibility index (Phi) is 4.89. The normalized spacial score (nSPS) is 16.5. The molecule has 0 bridgehead atoms. The first-order chi connectivity index (χ1) is 8.25. The van der Waals surface area contributed by atoms with Crippen molar-refractivity contribution in [1.82, 2.24) is 0 Å². The molecule has 0 aliphatic heterocycles. The highest BCUT2D eigenvalue weighted by Gasteiger charge is 2.89. The van der Waals surface area contributed by atoms with Crippen molar-refractivity contribution in [2.75, 3.05) is 0 Å². The molecule has 0 rings (SSSR count). The third-order valence-corrected chi connectivity index (χ3v) is 2.81. The second kappa shape index (κ2) is 4.84. The molecule has 0 aromatic rings. The lowest BCUT2D eigenvalue weighted by molar-refractivity contribution is -0.404. The van der Waals surface area contributed by atoms with Crippen LogP contribution >= 0.6 is 34.2 Å². The van der Waals surface area contributed by atoms with Crippen LogP contribution in [0, 0.1) is 0 Å². The summed E-state index contributed by atoms with van der Waals surface area (Å²) in [5, 5.41) is -6.39. The van der Waals surface area contributed by atoms with Crippen molar-refractivity contribution < 1.29 is 52.7 Å². The largest absolute Gasteiger partial charge is 0.393 e. The molecule has 0 fully saturated rings. The molecule has 0 aromatic heterocycles. The summed E-state index contributed by atoms with van der Waals surface area (Å²) in [4.78, 5) is 0. The molecule has 122 valence electrons. The van der Waals surface area contributed by atoms with Crippen LogP contribution in [0.3, 0.4) is 0 Å². The van der Waals surface area contributed by atoms with Gasteiger partial charge in [-0.3, -0.25) is 0 Å². The third kappa shape index (κ3) is 2.63. The van der Waals surface area contributed by atoms with Gasteiger partial charge in [-0.15, -0.1) is 0 Å². The van der Waals surface area contributed by atoms with Crippen LogP contribution in [-0.2, 0) is 0 Å². The fourth-order valence-corrected chi connectivity index (χ4v) is 1.21. The van der Waals surface area contributed by atoms with Crippen LogP contribution in [0.1, 0.15) is 0 Å². The average molecular weight is 462 g/mol. The van der Waals surface area contributed by atoms with Crippen LogP contribution in [0.2, 0.25) is 0 Å². The minimum atomic E-state index is -7.57. The van der Waals surface area contributed by atoms with Gasteiger partial charge < -0.3 is 0 Å². The summed E-state index contributed by atoms with van der Waals surface area (Å²) in [6, 6.07) is 0. The zero-order valence-electron chi connectivity index (χ0n) is 8.29. The monoisotopic (exact) mass is 462 g/mol. The van der Waals surface area contributed by atoms with Crippen molar-refractivity contribution in [2.24, 2.45) is 0 Å². The van der Waals surface area contributed by atoms with Gasteiger partial charge in [-0.1, -0.05) is 0 Å². The Morgan fingerprint density at radius 3 is 0.950 bits per heavy atom. The van der Waals surface area contributed by atoms with E-state index in [0.29, 0.717) is 0 Å². The average Bonchev–Trinajstić information content (AvgIpc) is 2.12. The van der Waals surface area contributed by atoms with Gasteiger partial charge in [0.15, 0.2) is 0 Å². The van der Waals surface area contributed by atoms with Crippen molar-refractivity contribution in [2.45, 2.75) is 33.0 Å². The van der Waals surface area contributed by atoms with E-state index in [0.717, 1.165) is 0 Å². The fourth-order valence-electron chi connectivity index (χ4n) is 0.750. The van der Waals surface area contributed by atoms with E-state index in [4.69, 9.17) is 0 Å². The van der Waals surface area contributed by atoms with Crippen LogP contribution in [0.25, 0.3) is 0 Å². The minimum Gasteiger partial charge on any atom is -0.192 e. The van der Waals surface area contributed by atoms with E-state index in [9.17, 15) is 52.7 Å². The Hall–Kier alpha value is 0.180. The summed E-state index contributed by atoms with van der Waals surface area (Å²) in [5.74, 6) is -29.4. The smallest absolute Gasteiger partial charge is 0.192 e. The molecule has 20 heavy (non-hydrogen) atoms. The van der Waals surface area contributed by atoms with Gasteiger partial charge in [0, 0.05) is 22.6 Å². The van der Waals surface area contributed by atoms with Crippen LogP contribution in [-0.4, -0.2) is 33.0 Å². The van der Waals surface area contributed by atoms with E-state index >= 15 is 0 Å². The van der Waals surface area contributed by atoms with Gasteiger partial charge in [0.25, 0.3) is 0 Å². The Bertz CT molecular complexity index is 329. The Morgan fingerprint density at radius 1 is 0.500 bits per heavy atom. The summed E-state index contributed by atoms with van der Waals surface area (Å²) in [6.45, 7) is 0. The first-order valence-electron chi connectivity index (χ1n) is 3.90. The van der Waals surface area contributed by atoms with E-state index < -0.39 is 55.6 Å². The summed E-state index contributed by atoms with van der Waals surface area (Å²) in [5.41, 5.74) is 0. The maximum absolute atomic E-state index is 12.6. The zero-order chi connectivity index (χ0) is 17.0. The molecule has 0 aromatic carbocycles. The Morgan fingerprint density at radius 2 is 0.750 bits per heavy atom. The van der Waals surface area contributed by atoms with Crippen LogP contribution in [0.5, 0.6) is 0 Å². The Labute approximate surface area is 120 Å². The van der Waals surface area contributed by atoms with E-state index in [-0.39, 0.29) is 0 Å². The molecule has 0 unspecified atom stereocenters. The molecule has 0 radical (unpaired) electrons. The minimum absolute atomic E-state index is 0.728. The Balaban J connectivity index is 6.08. The SMILES string of the molecule is FC(F)(Cl)C(F)(F)C(F)(F)C(F)(F)C(F)(F)C(F)(F)I. The quantitative estimate of drug-likeness (QED) is 0.292. The molecule has 0 aliphatic carbocycles. The molecule has 0 aliphatic rings. The predicted molar refractivity (Wildman–Crippen MR) is 49.6 cm³/mol. The highest BCUT2D eigenvalue weighted by Crippen LogP contribution is 2.61. The number of hydrogen-bond donors (Lipinski definition) is 0. The summed E-state index contributed by atoms with van der Waals surface area (Å²) >= 11 is 2.72. The molecule has 0 spiro atoms. The fraction of sp³-hybridized carbons (Fsp3) is 1.00. The van der Waals surface area contributed by atoms with Crippen molar-refractivity contribution in [3.8, 4) is 0 Å². The van der Waals surface area contributed by atoms with Crippen molar-refractivity contribution in [3.05, 3.63) is 0 Å². The second-order valence-electron chi connectivity index (χ2n) is 3.29. The molecule has 0 N–H and O–H groups in total. The standard InChI is InChI=1S/C6ClF12I/c7-5(16,17)3(12,13)1(8,9)2(10,11)4(14,15)6(18,19)20. The zero-order valence-corrected chi connectivity index (χ0v) is 11.2. The van der Waals surface area contributed by atoms with Gasteiger partial charge in [0.2, 0.25) is 0 Å². The van der Waals surface area contributed by atoms with Crippen molar-refractivity contribution in [1.29, 1.82) is 0 Å². The highest BCUT2D eigenvalue weighted by molar-refractivity contribution is 14.1. The predicted octanol–water partition coefficient (Wildman–Crippen LogP) is 5.39. The number of alkyl halides is 14. The first kappa shape index (κ1) is 20.2. The molecule has 0 heterocycles. The maximum atomic E-state index is 12.6. The van der Waals surface area contributed by atoms with E-state index in [2.05, 4.69) is 11.6 Å². The maximum Gasteiger partial charge on any atom is 0.393 e. The molecule has 0 saturated carbocycles. The van der Waals surface area contributed by atoms with Gasteiger partial charge in [0.1, 0.15) is 0 Å². The van der Waals surface area contributed by atoms with Gasteiger partial charge >= 0.3 is 33.0 Å². The van der Waals surface area contributed by atoms with Crippen LogP contribution < -0.4 is 0 Å². The molecular weight excluding hydrogens is 462 g/mol. The van der Waals surface area contributed by atoms with Gasteiger partial charge in [-0.2, -0.15) is 52.7 Å². The number of halogens is 14. The number of rotatable bonds is 5. The van der Waals surface area contributed by atoms with Gasteiger partial charge in [0.05, 0.1) is 0 Å². The molecule has 0 saturated heterocycles. The summed E-state index contributed by atoms with van der Waals surface area (Å²) < 4.78 is 143. The number of hydrogen-bond acceptors (Lipinski definition) is 0. The van der Waals surface area contributed by atoms with Crippen molar-refractivity contribution in [3.63, 3.8) is 0 Å². The first-order valence-corrected chi connectivity index (χ1v) is 5.35. The van der Waals surface area contributed by atoms with Crippen LogP contribution in [0.4, 0.5) is 52.7 Å². The van der Waals surface area contributed by atoms with E-state index in [1.54, 1.807) is 0 Å². The van der Waals surface area contributed by atoms with Crippen molar-refractivity contribution >= 4 is 34.2 Å². The summed E-state index contributed by atoms with van der Waals surface area (Å²) in [6.07, 6.45) is 0. The topological polar surface area (TPSA) is 0 Å². The summed E-state index contributed by atoms with van der Waals surface area (Å²) in [7, 11) is 0. The molecular formula is C6ClF12I. The lowest BCUT2D eigenvalue weighted by Gasteiger charge is -2.38. The van der Waals surface area contributed by atoms with E-state index in [1.165, 1.54) is 0 Å². The highest BCUT2D eigenvalue weighted by atomic mass is 127. The second-order valence-corrected chi connectivity index (χ2v) is 5.12. The molecule has 0 amide bonds. The van der Waals surface area contributed by atoms with Gasteiger partial charge in [-0.05, 0) is 11.6 Å². The van der Waals surface area contributed by atoms with E-state index in [1.807, 2.05) is 0 Å².